The lowest BCUT2D eigenvalue weighted by Crippen LogP contribution is -1.90. The molecule has 2 N–H and O–H groups in total. The van der Waals surface area contributed by atoms with E-state index in [1.54, 1.807) is 29.5 Å². The third-order valence-corrected chi connectivity index (χ3v) is 4.79. The lowest BCUT2D eigenvalue weighted by molar-refractivity contribution is 0.475. The molecule has 0 unspecified atom stereocenters. The van der Waals surface area contributed by atoms with Gasteiger partial charge in [0, 0.05) is 28.7 Å². The Hall–Kier alpha value is -1.90. The van der Waals surface area contributed by atoms with Crippen molar-refractivity contribution in [2.24, 2.45) is 0 Å². The fourth-order valence-electron chi connectivity index (χ4n) is 2.35. The molecule has 0 aliphatic heterocycles. The van der Waals surface area contributed by atoms with Crippen molar-refractivity contribution >= 4 is 55.4 Å². The second-order valence-electron chi connectivity index (χ2n) is 4.81. The molecule has 0 radical (unpaired) electrons. The van der Waals surface area contributed by atoms with Gasteiger partial charge in [-0.3, -0.25) is 4.40 Å². The number of aromatic nitrogens is 3. The van der Waals surface area contributed by atoms with Gasteiger partial charge in [-0.15, -0.1) is 39.7 Å². The summed E-state index contributed by atoms with van der Waals surface area (Å²) in [5, 5.41) is 17.5. The predicted molar refractivity (Wildman–Crippen MR) is 101 cm³/mol. The Bertz CT molecular complexity index is 959. The van der Waals surface area contributed by atoms with Crippen LogP contribution in [0.4, 0.5) is 10.8 Å². The van der Waals surface area contributed by atoms with Crippen LogP contribution in [0.1, 0.15) is 5.69 Å². The van der Waals surface area contributed by atoms with Crippen molar-refractivity contribution in [2.75, 3.05) is 5.32 Å². The molecule has 0 aliphatic rings. The summed E-state index contributed by atoms with van der Waals surface area (Å²) in [6.07, 6.45) is 2.01. The maximum absolute atomic E-state index is 9.51. The number of anilines is 2. The van der Waals surface area contributed by atoms with Gasteiger partial charge in [0.15, 0.2) is 10.1 Å². The Morgan fingerprint density at radius 2 is 2.09 bits per heavy atom. The molecular formula is C15H13BrN4OS2. The zero-order chi connectivity index (χ0) is 15.1. The van der Waals surface area contributed by atoms with Gasteiger partial charge < -0.3 is 10.4 Å². The number of rotatable bonds is 3. The third kappa shape index (κ3) is 2.97. The van der Waals surface area contributed by atoms with Crippen LogP contribution in [-0.2, 0) is 0 Å². The number of thiazole rings is 2. The van der Waals surface area contributed by atoms with Gasteiger partial charge in [-0.25, -0.2) is 9.97 Å². The molecule has 3 aromatic heterocycles. The summed E-state index contributed by atoms with van der Waals surface area (Å²) >= 11 is 3.14. The molecule has 0 saturated carbocycles. The van der Waals surface area contributed by atoms with Gasteiger partial charge in [0.1, 0.15) is 11.4 Å². The Morgan fingerprint density at radius 3 is 2.91 bits per heavy atom. The smallest absolute Gasteiger partial charge is 0.194 e. The predicted octanol–water partition coefficient (Wildman–Crippen LogP) is 4.85. The minimum absolute atomic E-state index is 0. The number of aryl methyl sites for hydroxylation is 1. The number of hydrogen-bond acceptors (Lipinski definition) is 6. The normalized spacial score (nSPS) is 10.7. The summed E-state index contributed by atoms with van der Waals surface area (Å²) in [6, 6.07) is 6.99. The Kier molecular flexibility index (Phi) is 4.38. The lowest BCUT2D eigenvalue weighted by Gasteiger charge is -2.02. The summed E-state index contributed by atoms with van der Waals surface area (Å²) < 4.78 is 2.06. The number of imidazole rings is 1. The van der Waals surface area contributed by atoms with Crippen LogP contribution in [0.3, 0.4) is 0 Å². The molecule has 3 heterocycles. The van der Waals surface area contributed by atoms with Crippen LogP contribution in [0.5, 0.6) is 5.75 Å². The van der Waals surface area contributed by atoms with Crippen LogP contribution in [0.2, 0.25) is 0 Å². The summed E-state index contributed by atoms with van der Waals surface area (Å²) in [4.78, 5) is 10.2. The Balaban J connectivity index is 0.00000156. The number of phenols is 1. The van der Waals surface area contributed by atoms with E-state index in [1.807, 2.05) is 29.9 Å². The molecule has 0 saturated heterocycles. The summed E-state index contributed by atoms with van der Waals surface area (Å²) in [7, 11) is 0. The molecule has 0 bridgehead atoms. The first kappa shape index (κ1) is 16.0. The molecule has 0 aliphatic carbocycles. The minimum Gasteiger partial charge on any atom is -0.508 e. The van der Waals surface area contributed by atoms with Crippen molar-refractivity contribution in [3.05, 3.63) is 46.9 Å². The van der Waals surface area contributed by atoms with Gasteiger partial charge >= 0.3 is 0 Å². The van der Waals surface area contributed by atoms with Crippen molar-refractivity contribution in [3.8, 4) is 17.1 Å². The molecule has 0 atom stereocenters. The van der Waals surface area contributed by atoms with Gasteiger partial charge in [-0.2, -0.15) is 0 Å². The maximum atomic E-state index is 9.51. The van der Waals surface area contributed by atoms with Crippen molar-refractivity contribution in [3.63, 3.8) is 0 Å². The first-order valence-electron chi connectivity index (χ1n) is 6.65. The number of halogens is 1. The van der Waals surface area contributed by atoms with E-state index in [-0.39, 0.29) is 22.7 Å². The van der Waals surface area contributed by atoms with Crippen molar-refractivity contribution in [1.29, 1.82) is 0 Å². The number of nitrogens with zero attached hydrogens (tertiary/aromatic N) is 3. The number of fused-ring (bicyclic) bond motifs is 1. The van der Waals surface area contributed by atoms with E-state index in [0.29, 0.717) is 0 Å². The van der Waals surface area contributed by atoms with Crippen LogP contribution in [0.25, 0.3) is 16.3 Å². The first-order valence-corrected chi connectivity index (χ1v) is 8.41. The van der Waals surface area contributed by atoms with Gasteiger partial charge in [-0.05, 0) is 19.1 Å². The van der Waals surface area contributed by atoms with Gasteiger partial charge in [-0.1, -0.05) is 6.07 Å². The average Bonchev–Trinajstić information content (AvgIpc) is 3.15. The summed E-state index contributed by atoms with van der Waals surface area (Å²) in [6.45, 7) is 2.00. The molecule has 4 aromatic rings. The van der Waals surface area contributed by atoms with E-state index in [9.17, 15) is 5.11 Å². The zero-order valence-electron chi connectivity index (χ0n) is 12.1. The highest BCUT2D eigenvalue weighted by atomic mass is 79.9. The molecule has 0 amide bonds. The number of aromatic hydroxyl groups is 1. The van der Waals surface area contributed by atoms with Crippen LogP contribution in [0.15, 0.2) is 41.2 Å². The molecule has 5 nitrogen and oxygen atoms in total. The molecule has 1 aromatic carbocycles. The highest BCUT2D eigenvalue weighted by molar-refractivity contribution is 8.93. The molecule has 0 fully saturated rings. The van der Waals surface area contributed by atoms with E-state index >= 15 is 0 Å². The van der Waals surface area contributed by atoms with Gasteiger partial charge in [0.05, 0.1) is 11.4 Å². The van der Waals surface area contributed by atoms with Crippen molar-refractivity contribution in [2.45, 2.75) is 6.92 Å². The lowest BCUT2D eigenvalue weighted by atomic mass is 10.3. The number of hydrogen-bond donors (Lipinski definition) is 2. The minimum atomic E-state index is 0. The highest BCUT2D eigenvalue weighted by Gasteiger charge is 2.14. The fourth-order valence-corrected chi connectivity index (χ4v) is 3.82. The zero-order valence-corrected chi connectivity index (χ0v) is 15.4. The highest BCUT2D eigenvalue weighted by Crippen LogP contribution is 2.31. The quantitative estimate of drug-likeness (QED) is 0.508. The molecule has 23 heavy (non-hydrogen) atoms. The molecule has 4 rings (SSSR count). The second-order valence-corrected chi connectivity index (χ2v) is 6.55. The van der Waals surface area contributed by atoms with E-state index in [4.69, 9.17) is 0 Å². The Labute approximate surface area is 151 Å². The molecular weight excluding hydrogens is 396 g/mol. The average molecular weight is 409 g/mol. The van der Waals surface area contributed by atoms with E-state index in [0.717, 1.165) is 32.9 Å². The maximum Gasteiger partial charge on any atom is 0.194 e. The topological polar surface area (TPSA) is 62.5 Å². The van der Waals surface area contributed by atoms with Crippen molar-refractivity contribution in [1.82, 2.24) is 14.4 Å². The summed E-state index contributed by atoms with van der Waals surface area (Å²) in [5.74, 6) is 0.230. The molecule has 118 valence electrons. The van der Waals surface area contributed by atoms with E-state index in [2.05, 4.69) is 19.7 Å². The number of nitrogens with one attached hydrogen (secondary N) is 1. The van der Waals surface area contributed by atoms with Crippen LogP contribution >= 0.6 is 39.7 Å². The standard InChI is InChI=1S/C15H12N4OS2.BrH/c1-9-13(19-5-6-21-15(19)16-9)12-8-22-14(18-12)17-10-3-2-4-11(20)7-10;/h2-8,20H,1H3,(H,17,18);1H. The van der Waals surface area contributed by atoms with Gasteiger partial charge in [0.2, 0.25) is 0 Å². The SMILES string of the molecule is Br.Cc1nc2sccn2c1-c1csc(Nc2cccc(O)c2)n1. The van der Waals surface area contributed by atoms with Gasteiger partial charge in [0.25, 0.3) is 0 Å². The number of benzene rings is 1. The monoisotopic (exact) mass is 408 g/mol. The second kappa shape index (κ2) is 6.31. The van der Waals surface area contributed by atoms with Crippen LogP contribution < -0.4 is 5.32 Å². The van der Waals surface area contributed by atoms with E-state index in [1.165, 1.54) is 11.3 Å². The first-order chi connectivity index (χ1) is 10.7. The number of phenolic OH excluding ortho intramolecular Hbond substituents is 1. The van der Waals surface area contributed by atoms with Crippen LogP contribution in [-0.4, -0.2) is 19.5 Å². The van der Waals surface area contributed by atoms with E-state index < -0.39 is 0 Å². The summed E-state index contributed by atoms with van der Waals surface area (Å²) in [5.41, 5.74) is 3.71. The Morgan fingerprint density at radius 1 is 1.22 bits per heavy atom. The molecule has 8 heteroatoms. The fraction of sp³-hybridized carbons (Fsp3) is 0.0667. The van der Waals surface area contributed by atoms with Crippen molar-refractivity contribution < 1.29 is 5.11 Å². The molecule has 0 spiro atoms. The van der Waals surface area contributed by atoms with Crippen LogP contribution in [0, 0.1) is 6.92 Å². The third-order valence-electron chi connectivity index (χ3n) is 3.28. The largest absolute Gasteiger partial charge is 0.508 e.